The van der Waals surface area contributed by atoms with Crippen molar-refractivity contribution < 1.29 is 33.8 Å². The Bertz CT molecular complexity index is 1280. The van der Waals surface area contributed by atoms with Crippen LogP contribution in [0.1, 0.15) is 39.1 Å². The zero-order chi connectivity index (χ0) is 26.0. The molecule has 0 spiro atoms. The van der Waals surface area contributed by atoms with Crippen molar-refractivity contribution in [3.63, 3.8) is 0 Å². The predicted molar refractivity (Wildman–Crippen MR) is 130 cm³/mol. The van der Waals surface area contributed by atoms with E-state index in [4.69, 9.17) is 21.1 Å². The molecule has 1 N–H and O–H groups in total. The Balaban J connectivity index is 1.57. The van der Waals surface area contributed by atoms with Crippen LogP contribution in [0.15, 0.2) is 64.8 Å². The molecule has 0 saturated heterocycles. The number of aliphatic carboxylic acids is 1. The minimum atomic E-state index is -1.27. The van der Waals surface area contributed by atoms with Gasteiger partial charge in [-0.05, 0) is 30.7 Å². The van der Waals surface area contributed by atoms with E-state index in [0.29, 0.717) is 27.4 Å². The highest BCUT2D eigenvalue weighted by Crippen LogP contribution is 2.42. The van der Waals surface area contributed by atoms with E-state index in [1.807, 2.05) is 0 Å². The summed E-state index contributed by atoms with van der Waals surface area (Å²) in [6, 6.07) is 13.2. The van der Waals surface area contributed by atoms with Gasteiger partial charge < -0.3 is 14.6 Å². The number of nitrogens with zero attached hydrogens (tertiary/aromatic N) is 2. The van der Waals surface area contributed by atoms with E-state index < -0.39 is 35.6 Å². The third kappa shape index (κ3) is 4.55. The lowest BCUT2D eigenvalue weighted by atomic mass is 9.75. The van der Waals surface area contributed by atoms with Gasteiger partial charge in [-0.25, -0.2) is 4.79 Å². The number of esters is 1. The fourth-order valence-electron chi connectivity index (χ4n) is 4.56. The first-order chi connectivity index (χ1) is 17.3. The smallest absolute Gasteiger partial charge is 0.334 e. The first-order valence-corrected chi connectivity index (χ1v) is 11.5. The number of carboxylic acid groups (broad SMARTS) is 1. The van der Waals surface area contributed by atoms with Crippen molar-refractivity contribution in [2.45, 2.75) is 12.8 Å². The molecular formula is C26H23ClN2O7. The minimum Gasteiger partial charge on any atom is -0.478 e. The maximum atomic E-state index is 12.6. The third-order valence-corrected chi connectivity index (χ3v) is 6.56. The van der Waals surface area contributed by atoms with Crippen LogP contribution in [0.4, 0.5) is 0 Å². The highest BCUT2D eigenvalue weighted by molar-refractivity contribution is 6.31. The Morgan fingerprint density at radius 1 is 1.06 bits per heavy atom. The Morgan fingerprint density at radius 2 is 1.67 bits per heavy atom. The summed E-state index contributed by atoms with van der Waals surface area (Å²) >= 11 is 6.39. The fraction of sp³-hybridized carbons (Fsp3) is 0.269. The lowest BCUT2D eigenvalue weighted by molar-refractivity contribution is -0.143. The van der Waals surface area contributed by atoms with Crippen LogP contribution in [0.25, 0.3) is 0 Å². The normalized spacial score (nSPS) is 19.3. The number of methoxy groups -OCH3 is 1. The molecule has 0 aromatic heterocycles. The highest BCUT2D eigenvalue weighted by Gasteiger charge is 2.43. The molecule has 2 unspecified atom stereocenters. The van der Waals surface area contributed by atoms with Gasteiger partial charge in [0.1, 0.15) is 5.92 Å². The van der Waals surface area contributed by atoms with Gasteiger partial charge in [-0.15, -0.1) is 0 Å². The molecule has 186 valence electrons. The number of hydrogen-bond acceptors (Lipinski definition) is 7. The average Bonchev–Trinajstić information content (AvgIpc) is 3.10. The summed E-state index contributed by atoms with van der Waals surface area (Å²) in [7, 11) is 1.22. The maximum absolute atomic E-state index is 12.6. The number of benzene rings is 2. The number of carboxylic acids is 1. The van der Waals surface area contributed by atoms with Crippen molar-refractivity contribution >= 4 is 41.1 Å². The molecule has 0 fully saturated rings. The second-order valence-corrected chi connectivity index (χ2v) is 8.69. The number of carbonyl (C=O) groups is 4. The third-order valence-electron chi connectivity index (χ3n) is 6.22. The molecule has 9 nitrogen and oxygen atoms in total. The zero-order valence-corrected chi connectivity index (χ0v) is 20.3. The fourth-order valence-corrected chi connectivity index (χ4v) is 4.81. The van der Waals surface area contributed by atoms with Crippen molar-refractivity contribution in [1.82, 2.24) is 4.90 Å². The number of hydrogen-bond donors (Lipinski definition) is 1. The van der Waals surface area contributed by atoms with Gasteiger partial charge in [0, 0.05) is 16.7 Å². The lowest BCUT2D eigenvalue weighted by Crippen LogP contribution is -2.37. The van der Waals surface area contributed by atoms with Crippen LogP contribution in [0, 0.1) is 5.92 Å². The van der Waals surface area contributed by atoms with Crippen LogP contribution in [0.5, 0.6) is 0 Å². The van der Waals surface area contributed by atoms with E-state index in [-0.39, 0.29) is 31.0 Å². The molecule has 36 heavy (non-hydrogen) atoms. The van der Waals surface area contributed by atoms with Crippen LogP contribution in [-0.2, 0) is 19.1 Å². The van der Waals surface area contributed by atoms with E-state index in [2.05, 4.69) is 4.99 Å². The number of amides is 2. The molecule has 2 aromatic carbocycles. The molecule has 2 aliphatic rings. The topological polar surface area (TPSA) is 123 Å². The van der Waals surface area contributed by atoms with Crippen LogP contribution in [-0.4, -0.2) is 66.3 Å². The molecule has 4 rings (SSSR count). The van der Waals surface area contributed by atoms with Crippen LogP contribution < -0.4 is 0 Å². The van der Waals surface area contributed by atoms with Gasteiger partial charge in [0.05, 0.1) is 49.3 Å². The second-order valence-electron chi connectivity index (χ2n) is 8.28. The van der Waals surface area contributed by atoms with Gasteiger partial charge in [-0.3, -0.25) is 24.3 Å². The quantitative estimate of drug-likeness (QED) is 0.328. The first-order valence-electron chi connectivity index (χ1n) is 11.1. The number of carbonyl (C=O) groups excluding carboxylic acids is 3. The van der Waals surface area contributed by atoms with E-state index >= 15 is 0 Å². The van der Waals surface area contributed by atoms with E-state index in [9.17, 15) is 24.3 Å². The molecule has 0 bridgehead atoms. The summed E-state index contributed by atoms with van der Waals surface area (Å²) in [5, 5.41) is 10.4. The van der Waals surface area contributed by atoms with E-state index in [0.717, 1.165) is 4.90 Å². The summed E-state index contributed by atoms with van der Waals surface area (Å²) in [5.74, 6) is -4.65. The molecule has 2 heterocycles. The van der Waals surface area contributed by atoms with Gasteiger partial charge in [0.25, 0.3) is 11.8 Å². The molecule has 2 aromatic rings. The van der Waals surface area contributed by atoms with Crippen molar-refractivity contribution in [2.24, 2.45) is 10.9 Å². The number of halogens is 1. The highest BCUT2D eigenvalue weighted by atomic mass is 35.5. The Kier molecular flexibility index (Phi) is 7.32. The molecule has 0 aliphatic carbocycles. The number of rotatable bonds is 8. The molecule has 2 atom stereocenters. The lowest BCUT2D eigenvalue weighted by Gasteiger charge is -2.31. The summed E-state index contributed by atoms with van der Waals surface area (Å²) in [4.78, 5) is 55.6. The molecule has 0 radical (unpaired) electrons. The van der Waals surface area contributed by atoms with Crippen molar-refractivity contribution in [3.05, 3.63) is 81.5 Å². The molecule has 2 aliphatic heterocycles. The van der Waals surface area contributed by atoms with Crippen LogP contribution in [0.2, 0.25) is 5.02 Å². The van der Waals surface area contributed by atoms with Crippen molar-refractivity contribution in [3.8, 4) is 0 Å². The molecule has 10 heteroatoms. The number of aliphatic imine (C=N–C) groups is 1. The Labute approximate surface area is 212 Å². The maximum Gasteiger partial charge on any atom is 0.334 e. The second kappa shape index (κ2) is 10.4. The number of ether oxygens (including phenoxy) is 2. The predicted octanol–water partition coefficient (Wildman–Crippen LogP) is 3.34. The SMILES string of the molecule is COC(=O)C1C(C)=NC(COCCN2C(=O)c3ccccc3C2=O)=C(C(=O)O)C1c1ccccc1Cl. The largest absolute Gasteiger partial charge is 0.478 e. The van der Waals surface area contributed by atoms with Crippen molar-refractivity contribution in [1.29, 1.82) is 0 Å². The number of imide groups is 1. The molecule has 2 amide bonds. The summed E-state index contributed by atoms with van der Waals surface area (Å²) in [6.45, 7) is 1.36. The molecular weight excluding hydrogens is 488 g/mol. The molecule has 0 saturated carbocycles. The zero-order valence-electron chi connectivity index (χ0n) is 19.6. The van der Waals surface area contributed by atoms with E-state index in [1.54, 1.807) is 55.5 Å². The van der Waals surface area contributed by atoms with Gasteiger partial charge in [-0.1, -0.05) is 41.9 Å². The van der Waals surface area contributed by atoms with Gasteiger partial charge in [0.15, 0.2) is 0 Å². The first kappa shape index (κ1) is 25.3. The standard InChI is InChI=1S/C26H23ClN2O7/c1-14-20(26(34)35-2)21(17-9-5-6-10-18(17)27)22(25(32)33)19(28-14)13-36-12-11-29-23(30)15-7-3-4-8-16(15)24(29)31/h3-10,20-21H,11-13H2,1-2H3,(H,32,33). The Morgan fingerprint density at radius 3 is 2.25 bits per heavy atom. The van der Waals surface area contributed by atoms with Gasteiger partial charge >= 0.3 is 11.9 Å². The van der Waals surface area contributed by atoms with E-state index in [1.165, 1.54) is 7.11 Å². The Hall–Kier alpha value is -3.82. The summed E-state index contributed by atoms with van der Waals surface area (Å²) in [6.07, 6.45) is 0. The minimum absolute atomic E-state index is 0.0105. The summed E-state index contributed by atoms with van der Waals surface area (Å²) in [5.41, 5.74) is 1.46. The average molecular weight is 511 g/mol. The number of fused-ring (bicyclic) bond motifs is 1. The van der Waals surface area contributed by atoms with Gasteiger partial charge in [-0.2, -0.15) is 0 Å². The monoisotopic (exact) mass is 510 g/mol. The van der Waals surface area contributed by atoms with Crippen LogP contribution >= 0.6 is 11.6 Å². The van der Waals surface area contributed by atoms with Crippen LogP contribution in [0.3, 0.4) is 0 Å². The summed E-state index contributed by atoms with van der Waals surface area (Å²) < 4.78 is 10.6. The van der Waals surface area contributed by atoms with Gasteiger partial charge in [0.2, 0.25) is 0 Å². The van der Waals surface area contributed by atoms with Crippen molar-refractivity contribution in [2.75, 3.05) is 26.9 Å².